The molecule has 2 heterocycles. The molecule has 46 heavy (non-hydrogen) atoms. The standard InChI is InChI=1S/C33H37ClN2O9S/c1-8-41-24-16-21(11-12-23(24)44-17-27(37)40-7)29-28(32(39)43-10-3)19(6)35-33-36(29)31(38)26(46-33)15-20-13-22(34)30(45-18(4)5)25(14-20)42-9-2/h11-16,18,29H,8-10,17H2,1-7H3/b26-15+/t29-/m1/s1. The van der Waals surface area contributed by atoms with Gasteiger partial charge in [-0.15, -0.1) is 0 Å². The molecule has 0 fully saturated rings. The molecular formula is C33H37ClN2O9S. The molecule has 1 atom stereocenters. The fourth-order valence-electron chi connectivity index (χ4n) is 4.82. The number of allylic oxidation sites excluding steroid dienone is 1. The average molecular weight is 673 g/mol. The number of hydrogen-bond acceptors (Lipinski definition) is 11. The van der Waals surface area contributed by atoms with E-state index in [4.69, 9.17) is 35.3 Å². The van der Waals surface area contributed by atoms with E-state index in [1.54, 1.807) is 57.2 Å². The number of ether oxygens (including phenoxy) is 6. The number of esters is 2. The Morgan fingerprint density at radius 3 is 2.39 bits per heavy atom. The number of thiazole rings is 1. The van der Waals surface area contributed by atoms with Crippen LogP contribution in [0.5, 0.6) is 23.0 Å². The van der Waals surface area contributed by atoms with Gasteiger partial charge >= 0.3 is 11.9 Å². The maximum absolute atomic E-state index is 14.1. The molecule has 0 unspecified atom stereocenters. The number of aromatic nitrogens is 1. The average Bonchev–Trinajstić information content (AvgIpc) is 3.31. The second kappa shape index (κ2) is 15.3. The second-order valence-corrected chi connectivity index (χ2v) is 11.7. The lowest BCUT2D eigenvalue weighted by molar-refractivity contribution is -0.143. The number of nitrogens with zero attached hydrogens (tertiary/aromatic N) is 2. The third-order valence-electron chi connectivity index (χ3n) is 6.66. The van der Waals surface area contributed by atoms with Gasteiger partial charge < -0.3 is 28.4 Å². The highest BCUT2D eigenvalue weighted by atomic mass is 35.5. The molecule has 0 saturated carbocycles. The number of carbonyl (C=O) groups is 2. The Morgan fingerprint density at radius 1 is 1.02 bits per heavy atom. The minimum Gasteiger partial charge on any atom is -0.490 e. The van der Waals surface area contributed by atoms with Crippen LogP contribution in [0.3, 0.4) is 0 Å². The van der Waals surface area contributed by atoms with Gasteiger partial charge in [-0.2, -0.15) is 0 Å². The third kappa shape index (κ3) is 7.56. The van der Waals surface area contributed by atoms with Crippen molar-refractivity contribution < 1.29 is 38.0 Å². The SMILES string of the molecule is CCOC(=O)C1=C(C)N=c2s/c(=C/c3cc(Cl)c(OC(C)C)c(OCC)c3)c(=O)n2[C@@H]1c1ccc(OCC(=O)OC)c(OCC)c1. The fourth-order valence-corrected chi connectivity index (χ4v) is 6.13. The number of fused-ring (bicyclic) bond motifs is 1. The number of methoxy groups -OCH3 is 1. The van der Waals surface area contributed by atoms with Crippen LogP contribution in [0.2, 0.25) is 5.02 Å². The van der Waals surface area contributed by atoms with Crippen LogP contribution in [-0.2, 0) is 19.1 Å². The van der Waals surface area contributed by atoms with Crippen LogP contribution in [0.4, 0.5) is 0 Å². The van der Waals surface area contributed by atoms with E-state index in [-0.39, 0.29) is 30.5 Å². The van der Waals surface area contributed by atoms with E-state index in [0.29, 0.717) is 67.4 Å². The van der Waals surface area contributed by atoms with Crippen LogP contribution in [-0.4, -0.2) is 56.1 Å². The first-order chi connectivity index (χ1) is 22.0. The summed E-state index contributed by atoms with van der Waals surface area (Å²) in [5.41, 5.74) is 1.43. The van der Waals surface area contributed by atoms with Crippen LogP contribution in [0.15, 0.2) is 51.4 Å². The predicted octanol–water partition coefficient (Wildman–Crippen LogP) is 4.59. The first kappa shape index (κ1) is 34.6. The molecule has 246 valence electrons. The molecule has 1 aliphatic rings. The quantitative estimate of drug-likeness (QED) is 0.240. The summed E-state index contributed by atoms with van der Waals surface area (Å²) in [5, 5.41) is 0.343. The number of hydrogen-bond donors (Lipinski definition) is 0. The molecular weight excluding hydrogens is 636 g/mol. The zero-order chi connectivity index (χ0) is 33.5. The largest absolute Gasteiger partial charge is 0.490 e. The van der Waals surface area contributed by atoms with E-state index in [1.807, 2.05) is 20.8 Å². The van der Waals surface area contributed by atoms with Crippen molar-refractivity contribution in [1.29, 1.82) is 0 Å². The van der Waals surface area contributed by atoms with Crippen LogP contribution in [0.1, 0.15) is 58.7 Å². The Labute approximate surface area is 275 Å². The van der Waals surface area contributed by atoms with E-state index in [2.05, 4.69) is 9.73 Å². The van der Waals surface area contributed by atoms with Gasteiger partial charge in [0, 0.05) is 0 Å². The normalized spacial score (nSPS) is 14.5. The summed E-state index contributed by atoms with van der Waals surface area (Å²) >= 11 is 7.78. The van der Waals surface area contributed by atoms with Crippen molar-refractivity contribution in [2.75, 3.05) is 33.5 Å². The van der Waals surface area contributed by atoms with Crippen LogP contribution < -0.4 is 33.8 Å². The van der Waals surface area contributed by atoms with E-state index >= 15 is 0 Å². The van der Waals surface area contributed by atoms with Crippen LogP contribution in [0.25, 0.3) is 6.08 Å². The lowest BCUT2D eigenvalue weighted by Gasteiger charge is -2.25. The molecule has 3 aromatic rings. The van der Waals surface area contributed by atoms with Crippen molar-refractivity contribution in [2.45, 2.75) is 53.7 Å². The van der Waals surface area contributed by atoms with Crippen LogP contribution in [0, 0.1) is 0 Å². The van der Waals surface area contributed by atoms with Crippen molar-refractivity contribution in [3.05, 3.63) is 77.4 Å². The molecule has 11 nitrogen and oxygen atoms in total. The Balaban J connectivity index is 1.90. The number of benzene rings is 2. The molecule has 4 rings (SSSR count). The van der Waals surface area contributed by atoms with Gasteiger partial charge in [-0.1, -0.05) is 29.0 Å². The van der Waals surface area contributed by atoms with Crippen LogP contribution >= 0.6 is 22.9 Å². The zero-order valence-corrected chi connectivity index (χ0v) is 28.4. The molecule has 0 bridgehead atoms. The van der Waals surface area contributed by atoms with Gasteiger partial charge in [-0.05, 0) is 83.0 Å². The van der Waals surface area contributed by atoms with E-state index < -0.39 is 18.0 Å². The van der Waals surface area contributed by atoms with E-state index in [1.165, 1.54) is 23.0 Å². The molecule has 0 aliphatic carbocycles. The van der Waals surface area contributed by atoms with Gasteiger partial charge in [-0.25, -0.2) is 14.6 Å². The summed E-state index contributed by atoms with van der Waals surface area (Å²) in [6.07, 6.45) is 1.58. The first-order valence-electron chi connectivity index (χ1n) is 14.8. The highest BCUT2D eigenvalue weighted by Crippen LogP contribution is 2.38. The lowest BCUT2D eigenvalue weighted by Crippen LogP contribution is -2.40. The molecule has 0 spiro atoms. The minimum absolute atomic E-state index is 0.125. The molecule has 13 heteroatoms. The van der Waals surface area contributed by atoms with Crippen molar-refractivity contribution in [3.63, 3.8) is 0 Å². The van der Waals surface area contributed by atoms with E-state index in [9.17, 15) is 14.4 Å². The first-order valence-corrected chi connectivity index (χ1v) is 16.0. The number of rotatable bonds is 13. The summed E-state index contributed by atoms with van der Waals surface area (Å²) < 4.78 is 35.0. The van der Waals surface area contributed by atoms with Crippen molar-refractivity contribution in [1.82, 2.24) is 4.57 Å². The van der Waals surface area contributed by atoms with Crippen molar-refractivity contribution >= 4 is 41.0 Å². The number of halogens is 1. The second-order valence-electron chi connectivity index (χ2n) is 10.2. The summed E-state index contributed by atoms with van der Waals surface area (Å²) in [4.78, 5) is 44.2. The van der Waals surface area contributed by atoms with Gasteiger partial charge in [0.25, 0.3) is 5.56 Å². The fraction of sp³-hybridized carbons (Fsp3) is 0.394. The van der Waals surface area contributed by atoms with Gasteiger partial charge in [0.15, 0.2) is 34.4 Å². The predicted molar refractivity (Wildman–Crippen MR) is 174 cm³/mol. The molecule has 0 saturated heterocycles. The highest BCUT2D eigenvalue weighted by molar-refractivity contribution is 7.07. The maximum atomic E-state index is 14.1. The maximum Gasteiger partial charge on any atom is 0.343 e. The molecule has 0 amide bonds. The lowest BCUT2D eigenvalue weighted by atomic mass is 9.95. The summed E-state index contributed by atoms with van der Waals surface area (Å²) in [6.45, 7) is 11.4. The Kier molecular flexibility index (Phi) is 11.5. The summed E-state index contributed by atoms with van der Waals surface area (Å²) in [5.74, 6) is 0.355. The molecule has 1 aromatic heterocycles. The van der Waals surface area contributed by atoms with Crippen molar-refractivity contribution in [2.24, 2.45) is 4.99 Å². The van der Waals surface area contributed by atoms with Gasteiger partial charge in [0.05, 0.1) is 59.9 Å². The Bertz CT molecular complexity index is 1830. The highest BCUT2D eigenvalue weighted by Gasteiger charge is 2.34. The van der Waals surface area contributed by atoms with E-state index in [0.717, 1.165) is 0 Å². The topological polar surface area (TPSA) is 124 Å². The molecule has 0 radical (unpaired) electrons. The van der Waals surface area contributed by atoms with Crippen molar-refractivity contribution in [3.8, 4) is 23.0 Å². The third-order valence-corrected chi connectivity index (χ3v) is 7.92. The molecule has 0 N–H and O–H groups in total. The summed E-state index contributed by atoms with van der Waals surface area (Å²) in [6, 6.07) is 7.58. The van der Waals surface area contributed by atoms with Gasteiger partial charge in [0.1, 0.15) is 0 Å². The Morgan fingerprint density at radius 2 is 1.74 bits per heavy atom. The smallest absolute Gasteiger partial charge is 0.343 e. The zero-order valence-electron chi connectivity index (χ0n) is 26.8. The summed E-state index contributed by atoms with van der Waals surface area (Å²) in [7, 11) is 1.27. The number of carbonyl (C=O) groups excluding carboxylic acids is 2. The minimum atomic E-state index is -0.893. The molecule has 1 aliphatic heterocycles. The van der Waals surface area contributed by atoms with Gasteiger partial charge in [0.2, 0.25) is 0 Å². The van der Waals surface area contributed by atoms with Gasteiger partial charge in [-0.3, -0.25) is 9.36 Å². The monoisotopic (exact) mass is 672 g/mol. The molecule has 2 aromatic carbocycles. The Hall–Kier alpha value is -4.29.